The van der Waals surface area contributed by atoms with Crippen molar-refractivity contribution >= 4 is 32.6 Å². The molecule has 3 aromatic rings. The molecule has 0 radical (unpaired) electrons. The first kappa shape index (κ1) is 14.7. The standard InChI is InChI=1S/C20H17FS/c1-14(16-4-3-5-19(21)13-16)6-7-15(2)17-8-9-20-18(12-17)10-11-22-20/h3-5,8-13H,1-2,6-7H2. The van der Waals surface area contributed by atoms with Gasteiger partial charge in [-0.3, -0.25) is 0 Å². The molecule has 0 N–H and O–H groups in total. The fraction of sp³-hybridized carbons (Fsp3) is 0.100. The van der Waals surface area contributed by atoms with E-state index in [0.29, 0.717) is 0 Å². The van der Waals surface area contributed by atoms with Crippen LogP contribution < -0.4 is 0 Å². The first-order chi connectivity index (χ1) is 10.6. The van der Waals surface area contributed by atoms with E-state index in [1.54, 1.807) is 17.4 Å². The third-order valence-corrected chi connectivity index (χ3v) is 4.72. The number of allylic oxidation sites excluding steroid dienone is 2. The Bertz CT molecular complexity index is 842. The summed E-state index contributed by atoms with van der Waals surface area (Å²) < 4.78 is 14.5. The molecule has 22 heavy (non-hydrogen) atoms. The van der Waals surface area contributed by atoms with Crippen LogP contribution in [-0.2, 0) is 0 Å². The van der Waals surface area contributed by atoms with E-state index in [4.69, 9.17) is 0 Å². The molecule has 0 aliphatic carbocycles. The van der Waals surface area contributed by atoms with Gasteiger partial charge in [-0.25, -0.2) is 4.39 Å². The molecule has 0 bridgehead atoms. The van der Waals surface area contributed by atoms with E-state index in [1.165, 1.54) is 22.2 Å². The van der Waals surface area contributed by atoms with Crippen LogP contribution in [0.1, 0.15) is 24.0 Å². The topological polar surface area (TPSA) is 0 Å². The zero-order valence-electron chi connectivity index (χ0n) is 12.3. The number of hydrogen-bond acceptors (Lipinski definition) is 1. The maximum atomic E-state index is 13.3. The average Bonchev–Trinajstić information content (AvgIpc) is 2.99. The van der Waals surface area contributed by atoms with Crippen LogP contribution in [0.25, 0.3) is 21.2 Å². The molecule has 2 aromatic carbocycles. The average molecular weight is 308 g/mol. The van der Waals surface area contributed by atoms with Gasteiger partial charge in [-0.05, 0) is 76.2 Å². The maximum absolute atomic E-state index is 13.3. The molecule has 0 atom stereocenters. The fourth-order valence-electron chi connectivity index (χ4n) is 2.49. The van der Waals surface area contributed by atoms with Crippen LogP contribution >= 0.6 is 11.3 Å². The number of benzene rings is 2. The van der Waals surface area contributed by atoms with Gasteiger partial charge in [0.15, 0.2) is 0 Å². The second kappa shape index (κ2) is 6.29. The van der Waals surface area contributed by atoms with Crippen LogP contribution in [0.4, 0.5) is 4.39 Å². The molecule has 0 saturated carbocycles. The third kappa shape index (κ3) is 3.18. The van der Waals surface area contributed by atoms with Crippen molar-refractivity contribution in [2.45, 2.75) is 12.8 Å². The van der Waals surface area contributed by atoms with Crippen molar-refractivity contribution < 1.29 is 4.39 Å². The van der Waals surface area contributed by atoms with E-state index >= 15 is 0 Å². The summed E-state index contributed by atoms with van der Waals surface area (Å²) in [6.45, 7) is 8.25. The van der Waals surface area contributed by atoms with Crippen molar-refractivity contribution in [2.75, 3.05) is 0 Å². The molecule has 1 heterocycles. The molecule has 0 aliphatic rings. The predicted octanol–water partition coefficient (Wildman–Crippen LogP) is 6.55. The van der Waals surface area contributed by atoms with Crippen LogP contribution in [0.2, 0.25) is 0 Å². The highest BCUT2D eigenvalue weighted by Gasteiger charge is 2.05. The van der Waals surface area contributed by atoms with Gasteiger partial charge in [-0.15, -0.1) is 11.3 Å². The van der Waals surface area contributed by atoms with Gasteiger partial charge < -0.3 is 0 Å². The Kier molecular flexibility index (Phi) is 4.21. The summed E-state index contributed by atoms with van der Waals surface area (Å²) in [5.74, 6) is -0.222. The Morgan fingerprint density at radius 3 is 2.36 bits per heavy atom. The van der Waals surface area contributed by atoms with Crippen LogP contribution in [0.3, 0.4) is 0 Å². The minimum atomic E-state index is -0.222. The Morgan fingerprint density at radius 2 is 1.64 bits per heavy atom. The minimum absolute atomic E-state index is 0.222. The largest absolute Gasteiger partial charge is 0.207 e. The fourth-order valence-corrected chi connectivity index (χ4v) is 3.26. The van der Waals surface area contributed by atoms with Crippen molar-refractivity contribution in [3.05, 3.63) is 84.0 Å². The van der Waals surface area contributed by atoms with E-state index < -0.39 is 0 Å². The lowest BCUT2D eigenvalue weighted by Crippen LogP contribution is -1.88. The highest BCUT2D eigenvalue weighted by atomic mass is 32.1. The summed E-state index contributed by atoms with van der Waals surface area (Å²) in [7, 11) is 0. The lowest BCUT2D eigenvalue weighted by molar-refractivity contribution is 0.627. The normalized spacial score (nSPS) is 10.8. The molecule has 110 valence electrons. The number of thiophene rings is 1. The van der Waals surface area contributed by atoms with Crippen LogP contribution in [0.5, 0.6) is 0 Å². The highest BCUT2D eigenvalue weighted by Crippen LogP contribution is 2.28. The Balaban J connectivity index is 1.67. The van der Waals surface area contributed by atoms with Gasteiger partial charge in [0.1, 0.15) is 5.82 Å². The summed E-state index contributed by atoms with van der Waals surface area (Å²) in [6, 6.07) is 15.2. The number of halogens is 1. The minimum Gasteiger partial charge on any atom is -0.207 e. The molecule has 0 fully saturated rings. The molecule has 0 saturated heterocycles. The molecule has 2 heteroatoms. The van der Waals surface area contributed by atoms with Gasteiger partial charge in [-0.1, -0.05) is 31.4 Å². The molecule has 0 unspecified atom stereocenters. The first-order valence-corrected chi connectivity index (χ1v) is 8.10. The van der Waals surface area contributed by atoms with Crippen LogP contribution in [0.15, 0.2) is 67.1 Å². The summed E-state index contributed by atoms with van der Waals surface area (Å²) in [6.07, 6.45) is 1.61. The van der Waals surface area contributed by atoms with Crippen molar-refractivity contribution in [3.63, 3.8) is 0 Å². The van der Waals surface area contributed by atoms with Gasteiger partial charge in [0.2, 0.25) is 0 Å². The smallest absolute Gasteiger partial charge is 0.123 e. The Labute approximate surface area is 134 Å². The van der Waals surface area contributed by atoms with Gasteiger partial charge in [0, 0.05) is 4.70 Å². The molecule has 3 rings (SSSR count). The Morgan fingerprint density at radius 1 is 0.909 bits per heavy atom. The lowest BCUT2D eigenvalue weighted by Gasteiger charge is -2.09. The highest BCUT2D eigenvalue weighted by molar-refractivity contribution is 7.17. The van der Waals surface area contributed by atoms with Crippen LogP contribution in [-0.4, -0.2) is 0 Å². The first-order valence-electron chi connectivity index (χ1n) is 7.22. The molecule has 0 amide bonds. The van der Waals surface area contributed by atoms with Crippen molar-refractivity contribution in [3.8, 4) is 0 Å². The number of hydrogen-bond donors (Lipinski definition) is 0. The quantitative estimate of drug-likeness (QED) is 0.501. The van der Waals surface area contributed by atoms with Gasteiger partial charge in [0.25, 0.3) is 0 Å². The summed E-state index contributed by atoms with van der Waals surface area (Å²) in [5, 5.41) is 3.36. The lowest BCUT2D eigenvalue weighted by atomic mass is 9.96. The Hall–Kier alpha value is -2.19. The second-order valence-corrected chi connectivity index (χ2v) is 6.34. The third-order valence-electron chi connectivity index (χ3n) is 3.82. The van der Waals surface area contributed by atoms with Crippen molar-refractivity contribution in [1.29, 1.82) is 0 Å². The van der Waals surface area contributed by atoms with Crippen LogP contribution in [0, 0.1) is 5.82 Å². The second-order valence-electron chi connectivity index (χ2n) is 5.39. The molecular formula is C20H17FS. The molecule has 0 spiro atoms. The maximum Gasteiger partial charge on any atom is 0.123 e. The zero-order chi connectivity index (χ0) is 15.5. The number of fused-ring (bicyclic) bond motifs is 1. The van der Waals surface area contributed by atoms with Crippen molar-refractivity contribution in [1.82, 2.24) is 0 Å². The molecule has 0 nitrogen and oxygen atoms in total. The predicted molar refractivity (Wildman–Crippen MR) is 95.5 cm³/mol. The molecular weight excluding hydrogens is 291 g/mol. The van der Waals surface area contributed by atoms with Crippen molar-refractivity contribution in [2.24, 2.45) is 0 Å². The number of rotatable bonds is 5. The zero-order valence-corrected chi connectivity index (χ0v) is 13.1. The van der Waals surface area contributed by atoms with E-state index in [-0.39, 0.29) is 5.82 Å². The SMILES string of the molecule is C=C(CCC(=C)c1ccc2sccc2c1)c1cccc(F)c1. The molecule has 0 aliphatic heterocycles. The van der Waals surface area contributed by atoms with Gasteiger partial charge in [0.05, 0.1) is 0 Å². The van der Waals surface area contributed by atoms with E-state index in [0.717, 1.165) is 35.1 Å². The van der Waals surface area contributed by atoms with E-state index in [2.05, 4.69) is 42.8 Å². The monoisotopic (exact) mass is 308 g/mol. The summed E-state index contributed by atoms with van der Waals surface area (Å²) in [4.78, 5) is 0. The van der Waals surface area contributed by atoms with E-state index in [9.17, 15) is 4.39 Å². The van der Waals surface area contributed by atoms with Gasteiger partial charge >= 0.3 is 0 Å². The van der Waals surface area contributed by atoms with E-state index in [1.807, 2.05) is 6.07 Å². The molecule has 1 aromatic heterocycles. The summed E-state index contributed by atoms with van der Waals surface area (Å²) in [5.41, 5.74) is 4.06. The summed E-state index contributed by atoms with van der Waals surface area (Å²) >= 11 is 1.75. The van der Waals surface area contributed by atoms with Gasteiger partial charge in [-0.2, -0.15) is 0 Å².